The quantitative estimate of drug-likeness (QED) is 0.719. The van der Waals surface area contributed by atoms with Crippen LogP contribution in [-0.2, 0) is 4.79 Å². The first-order valence-electron chi connectivity index (χ1n) is 3.59. The van der Waals surface area contributed by atoms with E-state index in [0.717, 1.165) is 12.1 Å². The number of nitrogens with two attached hydrogens (primary N) is 1. The van der Waals surface area contributed by atoms with Crippen LogP contribution in [0.2, 0.25) is 0 Å². The van der Waals surface area contributed by atoms with Gasteiger partial charge in [-0.1, -0.05) is 6.07 Å². The fourth-order valence-corrected chi connectivity index (χ4v) is 0.808. The maximum Gasteiger partial charge on any atom is 0.238 e. The molecule has 0 heterocycles. The summed E-state index contributed by atoms with van der Waals surface area (Å²) in [6.45, 7) is -0.312. The van der Waals surface area contributed by atoms with Crippen LogP contribution < -0.4 is 11.1 Å². The molecule has 0 aromatic heterocycles. The summed E-state index contributed by atoms with van der Waals surface area (Å²) in [4.78, 5) is 10.7. The van der Waals surface area contributed by atoms with Crippen molar-refractivity contribution in [2.45, 2.75) is 0 Å². The van der Waals surface area contributed by atoms with Gasteiger partial charge in [0.1, 0.15) is 17.3 Å². The molecular weight excluding hydrogens is 178 g/mol. The normalized spacial score (nSPS) is 9.77. The number of carbonyl (C=O) groups is 1. The van der Waals surface area contributed by atoms with Crippen LogP contribution in [0.25, 0.3) is 0 Å². The smallest absolute Gasteiger partial charge is 0.238 e. The van der Waals surface area contributed by atoms with Crippen molar-refractivity contribution in [1.29, 1.82) is 0 Å². The zero-order valence-electron chi connectivity index (χ0n) is 6.68. The zero-order chi connectivity index (χ0) is 9.84. The summed E-state index contributed by atoms with van der Waals surface area (Å²) in [5.74, 6) is -2.27. The zero-order valence-corrected chi connectivity index (χ0v) is 6.68. The molecule has 70 valence electrons. The van der Waals surface area contributed by atoms with E-state index < -0.39 is 23.2 Å². The maximum atomic E-state index is 12.9. The molecule has 13 heavy (non-hydrogen) atoms. The Morgan fingerprint density at radius 2 is 1.92 bits per heavy atom. The van der Waals surface area contributed by atoms with E-state index in [2.05, 4.69) is 0 Å². The number of para-hydroxylation sites is 1. The van der Waals surface area contributed by atoms with E-state index in [1.54, 1.807) is 0 Å². The minimum atomic E-state index is -0.818. The molecule has 1 aromatic carbocycles. The Hall–Kier alpha value is -1.49. The number of halogens is 2. The third-order valence-electron chi connectivity index (χ3n) is 1.41. The Balaban J connectivity index is 2.93. The van der Waals surface area contributed by atoms with Gasteiger partial charge in [-0.05, 0) is 12.1 Å². The molecule has 1 amide bonds. The highest BCUT2D eigenvalue weighted by molar-refractivity contribution is 5.92. The lowest BCUT2D eigenvalue weighted by Gasteiger charge is -2.05. The van der Waals surface area contributed by atoms with Gasteiger partial charge in [0.15, 0.2) is 0 Å². The highest BCUT2D eigenvalue weighted by atomic mass is 19.1. The lowest BCUT2D eigenvalue weighted by atomic mass is 10.3. The van der Waals surface area contributed by atoms with E-state index in [1.807, 2.05) is 5.32 Å². The van der Waals surface area contributed by atoms with Gasteiger partial charge in [-0.15, -0.1) is 0 Å². The lowest BCUT2D eigenvalue weighted by molar-refractivity contribution is -0.114. The summed E-state index contributed by atoms with van der Waals surface area (Å²) in [6.07, 6.45) is 0. The van der Waals surface area contributed by atoms with Gasteiger partial charge in [-0.2, -0.15) is 0 Å². The number of benzene rings is 1. The highest BCUT2D eigenvalue weighted by Gasteiger charge is 2.09. The predicted octanol–water partition coefficient (Wildman–Crippen LogP) is 0.862. The summed E-state index contributed by atoms with van der Waals surface area (Å²) in [5, 5.41) is 2.01. The second-order valence-electron chi connectivity index (χ2n) is 2.35. The standard InChI is InChI=1S/C8H8F2N2O/c9-5-2-1-3-6(10)8(5)12-7(13)4-11/h1-3H,4,11H2,(H,12,13). The molecule has 0 atom stereocenters. The Bertz CT molecular complexity index is 308. The van der Waals surface area contributed by atoms with Crippen molar-refractivity contribution in [1.82, 2.24) is 0 Å². The minimum Gasteiger partial charge on any atom is -0.322 e. The van der Waals surface area contributed by atoms with Gasteiger partial charge in [0.2, 0.25) is 5.91 Å². The number of rotatable bonds is 2. The fraction of sp³-hybridized carbons (Fsp3) is 0.125. The van der Waals surface area contributed by atoms with E-state index in [9.17, 15) is 13.6 Å². The third-order valence-corrected chi connectivity index (χ3v) is 1.41. The van der Waals surface area contributed by atoms with Crippen molar-refractivity contribution in [3.8, 4) is 0 Å². The average molecular weight is 186 g/mol. The van der Waals surface area contributed by atoms with Crippen LogP contribution >= 0.6 is 0 Å². The van der Waals surface area contributed by atoms with Gasteiger partial charge in [0, 0.05) is 0 Å². The Morgan fingerprint density at radius 3 is 2.38 bits per heavy atom. The van der Waals surface area contributed by atoms with Crippen LogP contribution in [0.3, 0.4) is 0 Å². The van der Waals surface area contributed by atoms with Gasteiger partial charge in [0.25, 0.3) is 0 Å². The molecule has 0 bridgehead atoms. The van der Waals surface area contributed by atoms with Gasteiger partial charge >= 0.3 is 0 Å². The first kappa shape index (κ1) is 9.60. The average Bonchev–Trinajstić information content (AvgIpc) is 2.11. The second-order valence-corrected chi connectivity index (χ2v) is 2.35. The molecule has 0 unspecified atom stereocenters. The van der Waals surface area contributed by atoms with E-state index in [1.165, 1.54) is 6.07 Å². The SMILES string of the molecule is NCC(=O)Nc1c(F)cccc1F. The predicted molar refractivity (Wildman–Crippen MR) is 44.0 cm³/mol. The summed E-state index contributed by atoms with van der Waals surface area (Å²) in [6, 6.07) is 3.31. The van der Waals surface area contributed by atoms with Gasteiger partial charge in [-0.3, -0.25) is 4.79 Å². The van der Waals surface area contributed by atoms with Crippen LogP contribution in [0.5, 0.6) is 0 Å². The van der Waals surface area contributed by atoms with E-state index >= 15 is 0 Å². The minimum absolute atomic E-state index is 0.312. The molecule has 5 heteroatoms. The fourth-order valence-electron chi connectivity index (χ4n) is 0.808. The number of carbonyl (C=O) groups excluding carboxylic acids is 1. The molecule has 0 spiro atoms. The number of amides is 1. The molecule has 1 aromatic rings. The van der Waals surface area contributed by atoms with E-state index in [4.69, 9.17) is 5.73 Å². The van der Waals surface area contributed by atoms with Crippen molar-refractivity contribution >= 4 is 11.6 Å². The largest absolute Gasteiger partial charge is 0.322 e. The number of hydrogen-bond acceptors (Lipinski definition) is 2. The van der Waals surface area contributed by atoms with Crippen LogP contribution in [0.15, 0.2) is 18.2 Å². The summed E-state index contributed by atoms with van der Waals surface area (Å²) in [5.41, 5.74) is 4.50. The molecule has 0 saturated heterocycles. The molecular formula is C8H8F2N2O. The Morgan fingerprint density at radius 1 is 1.38 bits per heavy atom. The number of nitrogens with one attached hydrogen (secondary N) is 1. The Kier molecular flexibility index (Phi) is 2.92. The van der Waals surface area contributed by atoms with Crippen molar-refractivity contribution in [2.24, 2.45) is 5.73 Å². The van der Waals surface area contributed by atoms with Gasteiger partial charge in [-0.25, -0.2) is 8.78 Å². The van der Waals surface area contributed by atoms with Crippen molar-refractivity contribution in [3.05, 3.63) is 29.8 Å². The van der Waals surface area contributed by atoms with Gasteiger partial charge in [0.05, 0.1) is 6.54 Å². The van der Waals surface area contributed by atoms with E-state index in [-0.39, 0.29) is 6.54 Å². The lowest BCUT2D eigenvalue weighted by Crippen LogP contribution is -2.23. The molecule has 0 radical (unpaired) electrons. The Labute approximate surface area is 73.5 Å². The van der Waals surface area contributed by atoms with Crippen LogP contribution in [0.1, 0.15) is 0 Å². The van der Waals surface area contributed by atoms with Gasteiger partial charge < -0.3 is 11.1 Å². The molecule has 0 aliphatic carbocycles. The van der Waals surface area contributed by atoms with Crippen molar-refractivity contribution in [2.75, 3.05) is 11.9 Å². The highest BCUT2D eigenvalue weighted by Crippen LogP contribution is 2.17. The summed E-state index contributed by atoms with van der Waals surface area (Å²) < 4.78 is 25.7. The molecule has 0 aliphatic rings. The first-order valence-corrected chi connectivity index (χ1v) is 3.59. The first-order chi connectivity index (χ1) is 6.15. The third kappa shape index (κ3) is 2.22. The van der Waals surface area contributed by atoms with Crippen LogP contribution in [0.4, 0.5) is 14.5 Å². The topological polar surface area (TPSA) is 55.1 Å². The van der Waals surface area contributed by atoms with Crippen molar-refractivity contribution < 1.29 is 13.6 Å². The second kappa shape index (κ2) is 3.95. The molecule has 0 saturated carbocycles. The number of anilines is 1. The van der Waals surface area contributed by atoms with Crippen molar-refractivity contribution in [3.63, 3.8) is 0 Å². The monoisotopic (exact) mass is 186 g/mol. The maximum absolute atomic E-state index is 12.9. The summed E-state index contributed by atoms with van der Waals surface area (Å²) in [7, 11) is 0. The molecule has 0 fully saturated rings. The number of hydrogen-bond donors (Lipinski definition) is 2. The summed E-state index contributed by atoms with van der Waals surface area (Å²) >= 11 is 0. The molecule has 3 N–H and O–H groups in total. The molecule has 0 aliphatic heterocycles. The molecule has 1 rings (SSSR count). The van der Waals surface area contributed by atoms with E-state index in [0.29, 0.717) is 0 Å². The van der Waals surface area contributed by atoms with Crippen LogP contribution in [0, 0.1) is 11.6 Å². The van der Waals surface area contributed by atoms with Crippen LogP contribution in [-0.4, -0.2) is 12.5 Å². The molecule has 3 nitrogen and oxygen atoms in total.